The van der Waals surface area contributed by atoms with Crippen molar-refractivity contribution in [3.8, 4) is 0 Å². The van der Waals surface area contributed by atoms with E-state index in [4.69, 9.17) is 0 Å². The number of amides is 2. The zero-order valence-corrected chi connectivity index (χ0v) is 16.4. The van der Waals surface area contributed by atoms with E-state index in [9.17, 15) is 19.5 Å². The first-order valence-electron chi connectivity index (χ1n) is 9.08. The second kappa shape index (κ2) is 7.63. The van der Waals surface area contributed by atoms with Crippen LogP contribution in [0.1, 0.15) is 17.1 Å². The molecule has 10 heteroatoms. The molecular formula is C19H19N5O4S. The molecule has 2 amide bonds. The summed E-state index contributed by atoms with van der Waals surface area (Å²) in [5, 5.41) is 12.9. The second-order valence-corrected chi connectivity index (χ2v) is 8.21. The van der Waals surface area contributed by atoms with Crippen molar-refractivity contribution in [3.05, 3.63) is 41.4 Å². The molecule has 3 N–H and O–H groups in total. The number of nitrogens with one attached hydrogen (secondary N) is 2. The monoisotopic (exact) mass is 413 g/mol. The molecule has 29 heavy (non-hydrogen) atoms. The topological polar surface area (TPSA) is 128 Å². The summed E-state index contributed by atoms with van der Waals surface area (Å²) in [6, 6.07) is 4.51. The number of rotatable bonds is 6. The molecule has 0 spiro atoms. The van der Waals surface area contributed by atoms with E-state index in [1.54, 1.807) is 16.2 Å². The Labute approximate surface area is 169 Å². The zero-order valence-electron chi connectivity index (χ0n) is 15.6. The molecule has 1 aromatic carbocycles. The van der Waals surface area contributed by atoms with Crippen molar-refractivity contribution in [2.75, 3.05) is 11.4 Å². The van der Waals surface area contributed by atoms with Gasteiger partial charge in [-0.3, -0.25) is 9.59 Å². The van der Waals surface area contributed by atoms with Crippen LogP contribution in [0.3, 0.4) is 0 Å². The fourth-order valence-electron chi connectivity index (χ4n) is 3.44. The van der Waals surface area contributed by atoms with Crippen molar-refractivity contribution in [3.63, 3.8) is 0 Å². The maximum atomic E-state index is 12.6. The molecule has 0 aliphatic carbocycles. The molecule has 3 aromatic rings. The molecule has 0 bridgehead atoms. The second-order valence-electron chi connectivity index (χ2n) is 6.97. The minimum Gasteiger partial charge on any atom is -0.480 e. The molecule has 1 fully saturated rings. The van der Waals surface area contributed by atoms with Crippen LogP contribution in [-0.2, 0) is 20.8 Å². The Morgan fingerprint density at radius 3 is 3.00 bits per heavy atom. The van der Waals surface area contributed by atoms with E-state index in [2.05, 4.69) is 20.3 Å². The molecule has 2 unspecified atom stereocenters. The standard InChI is InChI=1S/C19H19N5O4S/c1-10-22-14-6-13(2-3-16(14)29-10)24-8-11(4-17(24)25)18(26)23-15(19(27)28)5-12-7-20-9-21-12/h2-3,6-7,9,11,15H,4-5,8H2,1H3,(H,20,21)(H,23,26)(H,27,28). The van der Waals surface area contributed by atoms with Gasteiger partial charge in [0, 0.05) is 37.0 Å². The molecule has 1 aliphatic rings. The maximum absolute atomic E-state index is 12.6. The number of carbonyl (C=O) groups is 3. The lowest BCUT2D eigenvalue weighted by atomic mass is 10.1. The Balaban J connectivity index is 1.45. The molecule has 1 aliphatic heterocycles. The fraction of sp³-hybridized carbons (Fsp3) is 0.316. The first-order chi connectivity index (χ1) is 13.9. The lowest BCUT2D eigenvalue weighted by Gasteiger charge is -2.18. The van der Waals surface area contributed by atoms with E-state index in [1.165, 1.54) is 12.5 Å². The number of hydrogen-bond acceptors (Lipinski definition) is 6. The van der Waals surface area contributed by atoms with Crippen LogP contribution in [0.15, 0.2) is 30.7 Å². The Morgan fingerprint density at radius 2 is 2.28 bits per heavy atom. The van der Waals surface area contributed by atoms with Gasteiger partial charge in [-0.15, -0.1) is 11.3 Å². The number of aryl methyl sites for hydroxylation is 1. The number of nitrogens with zero attached hydrogens (tertiary/aromatic N) is 3. The van der Waals surface area contributed by atoms with E-state index in [0.29, 0.717) is 11.4 Å². The van der Waals surface area contributed by atoms with Crippen LogP contribution in [0.5, 0.6) is 0 Å². The number of imidazole rings is 1. The van der Waals surface area contributed by atoms with Crippen molar-refractivity contribution >= 4 is 45.0 Å². The minimum atomic E-state index is -1.14. The van der Waals surface area contributed by atoms with Gasteiger partial charge in [0.1, 0.15) is 6.04 Å². The van der Waals surface area contributed by atoms with Gasteiger partial charge in [0.25, 0.3) is 0 Å². The molecule has 2 aromatic heterocycles. The molecule has 3 heterocycles. The van der Waals surface area contributed by atoms with Crippen LogP contribution in [0.4, 0.5) is 5.69 Å². The summed E-state index contributed by atoms with van der Waals surface area (Å²) in [5.41, 5.74) is 2.11. The molecule has 1 saturated heterocycles. The molecular weight excluding hydrogens is 394 g/mol. The Morgan fingerprint density at radius 1 is 1.45 bits per heavy atom. The molecule has 0 radical (unpaired) electrons. The first kappa shape index (κ1) is 19.1. The summed E-state index contributed by atoms with van der Waals surface area (Å²) in [7, 11) is 0. The van der Waals surface area contributed by atoms with Crippen LogP contribution in [0.2, 0.25) is 0 Å². The normalized spacial score (nSPS) is 17.6. The quantitative estimate of drug-likeness (QED) is 0.562. The van der Waals surface area contributed by atoms with E-state index in [1.807, 2.05) is 25.1 Å². The van der Waals surface area contributed by atoms with Gasteiger partial charge >= 0.3 is 5.97 Å². The highest BCUT2D eigenvalue weighted by Gasteiger charge is 2.36. The van der Waals surface area contributed by atoms with E-state index in [0.717, 1.165) is 15.2 Å². The van der Waals surface area contributed by atoms with Gasteiger partial charge in [-0.25, -0.2) is 14.8 Å². The number of H-pyrrole nitrogens is 1. The van der Waals surface area contributed by atoms with Crippen LogP contribution in [0.25, 0.3) is 10.2 Å². The van der Waals surface area contributed by atoms with Gasteiger partial charge in [0.05, 0.1) is 27.5 Å². The number of thiazole rings is 1. The van der Waals surface area contributed by atoms with Gasteiger partial charge in [0.15, 0.2) is 0 Å². The van der Waals surface area contributed by atoms with Crippen LogP contribution < -0.4 is 10.2 Å². The molecule has 2 atom stereocenters. The van der Waals surface area contributed by atoms with Crippen LogP contribution in [0, 0.1) is 12.8 Å². The molecule has 150 valence electrons. The van der Waals surface area contributed by atoms with Gasteiger partial charge in [-0.1, -0.05) is 0 Å². The number of anilines is 1. The van der Waals surface area contributed by atoms with Crippen molar-refractivity contribution in [2.24, 2.45) is 5.92 Å². The highest BCUT2D eigenvalue weighted by Crippen LogP contribution is 2.30. The Hall–Kier alpha value is -3.27. The Bertz CT molecular complexity index is 1080. The van der Waals surface area contributed by atoms with Crippen molar-refractivity contribution < 1.29 is 19.5 Å². The SMILES string of the molecule is Cc1nc2cc(N3CC(C(=O)NC(Cc4cnc[nH]4)C(=O)O)CC3=O)ccc2s1. The summed E-state index contributed by atoms with van der Waals surface area (Å²) in [5.74, 6) is -2.37. The minimum absolute atomic E-state index is 0.0381. The lowest BCUT2D eigenvalue weighted by Crippen LogP contribution is -2.45. The lowest BCUT2D eigenvalue weighted by molar-refractivity contribution is -0.142. The van der Waals surface area contributed by atoms with Gasteiger partial charge < -0.3 is 20.3 Å². The fourth-order valence-corrected chi connectivity index (χ4v) is 4.25. The summed E-state index contributed by atoms with van der Waals surface area (Å²) in [6.45, 7) is 2.13. The van der Waals surface area contributed by atoms with Crippen LogP contribution in [-0.4, -0.2) is 50.4 Å². The number of benzene rings is 1. The van der Waals surface area contributed by atoms with E-state index in [-0.39, 0.29) is 25.3 Å². The highest BCUT2D eigenvalue weighted by atomic mass is 32.1. The molecule has 4 rings (SSSR count). The predicted octanol–water partition coefficient (Wildman–Crippen LogP) is 1.49. The third kappa shape index (κ3) is 3.97. The zero-order chi connectivity index (χ0) is 20.5. The average molecular weight is 413 g/mol. The third-order valence-corrected chi connectivity index (χ3v) is 5.83. The number of carbonyl (C=O) groups excluding carboxylic acids is 2. The summed E-state index contributed by atoms with van der Waals surface area (Å²) >= 11 is 1.58. The summed E-state index contributed by atoms with van der Waals surface area (Å²) in [6.07, 6.45) is 3.09. The average Bonchev–Trinajstić information content (AvgIpc) is 3.39. The van der Waals surface area contributed by atoms with Gasteiger partial charge in [0.2, 0.25) is 11.8 Å². The summed E-state index contributed by atoms with van der Waals surface area (Å²) < 4.78 is 1.04. The number of aromatic amines is 1. The van der Waals surface area contributed by atoms with Gasteiger partial charge in [-0.2, -0.15) is 0 Å². The summed E-state index contributed by atoms with van der Waals surface area (Å²) in [4.78, 5) is 49.3. The van der Waals surface area contributed by atoms with E-state index < -0.39 is 23.8 Å². The molecule has 0 saturated carbocycles. The number of hydrogen-bond donors (Lipinski definition) is 3. The van der Waals surface area contributed by atoms with Crippen molar-refractivity contribution in [1.82, 2.24) is 20.3 Å². The van der Waals surface area contributed by atoms with Crippen LogP contribution >= 0.6 is 11.3 Å². The highest BCUT2D eigenvalue weighted by molar-refractivity contribution is 7.18. The Kier molecular flexibility index (Phi) is 5.01. The largest absolute Gasteiger partial charge is 0.480 e. The number of carboxylic acid groups (broad SMARTS) is 1. The van der Waals surface area contributed by atoms with E-state index >= 15 is 0 Å². The van der Waals surface area contributed by atoms with Gasteiger partial charge in [-0.05, 0) is 25.1 Å². The number of aliphatic carboxylic acids is 1. The maximum Gasteiger partial charge on any atom is 0.326 e. The number of aromatic nitrogens is 3. The smallest absolute Gasteiger partial charge is 0.326 e. The number of fused-ring (bicyclic) bond motifs is 1. The van der Waals surface area contributed by atoms with Crippen molar-refractivity contribution in [1.29, 1.82) is 0 Å². The molecule has 9 nitrogen and oxygen atoms in total. The predicted molar refractivity (Wildman–Crippen MR) is 107 cm³/mol. The third-order valence-electron chi connectivity index (χ3n) is 4.88. The van der Waals surface area contributed by atoms with Crippen molar-refractivity contribution in [2.45, 2.75) is 25.8 Å². The first-order valence-corrected chi connectivity index (χ1v) is 9.90. The number of carboxylic acids is 1.